The highest BCUT2D eigenvalue weighted by molar-refractivity contribution is 5.90. The van der Waals surface area contributed by atoms with E-state index in [4.69, 9.17) is 9.84 Å². The molecule has 0 saturated heterocycles. The van der Waals surface area contributed by atoms with Gasteiger partial charge in [-0.2, -0.15) is 0 Å². The van der Waals surface area contributed by atoms with Crippen molar-refractivity contribution in [2.24, 2.45) is 0 Å². The molecule has 5 nitrogen and oxygen atoms in total. The van der Waals surface area contributed by atoms with Gasteiger partial charge in [-0.1, -0.05) is 18.2 Å². The van der Waals surface area contributed by atoms with Gasteiger partial charge < -0.3 is 20.1 Å². The van der Waals surface area contributed by atoms with E-state index in [2.05, 4.69) is 10.3 Å². The summed E-state index contributed by atoms with van der Waals surface area (Å²) in [6, 6.07) is 7.80. The number of aromatic amines is 1. The maximum atomic E-state index is 12.2. The third-order valence-corrected chi connectivity index (χ3v) is 3.57. The zero-order chi connectivity index (χ0) is 15.2. The molecule has 0 aliphatic carbocycles. The van der Waals surface area contributed by atoms with Gasteiger partial charge in [-0.15, -0.1) is 0 Å². The Morgan fingerprint density at radius 3 is 2.90 bits per heavy atom. The van der Waals surface area contributed by atoms with Crippen LogP contribution >= 0.6 is 0 Å². The number of nitrogens with one attached hydrogen (secondary N) is 2. The molecule has 5 heteroatoms. The number of carbonyl (C=O) groups excluding carboxylic acids is 1. The molecule has 3 N–H and O–H groups in total. The Balaban J connectivity index is 2.08. The number of fused-ring (bicyclic) bond motifs is 1. The van der Waals surface area contributed by atoms with Crippen molar-refractivity contribution in [3.8, 4) is 0 Å². The van der Waals surface area contributed by atoms with Crippen molar-refractivity contribution in [2.45, 2.75) is 25.8 Å². The summed E-state index contributed by atoms with van der Waals surface area (Å²) in [4.78, 5) is 15.5. The van der Waals surface area contributed by atoms with E-state index in [0.29, 0.717) is 19.4 Å². The predicted molar refractivity (Wildman–Crippen MR) is 82.2 cm³/mol. The molecule has 114 valence electrons. The van der Waals surface area contributed by atoms with Crippen molar-refractivity contribution in [2.75, 3.05) is 20.3 Å². The second-order valence-corrected chi connectivity index (χ2v) is 5.18. The number of rotatable bonds is 7. The Labute approximate surface area is 124 Å². The van der Waals surface area contributed by atoms with Crippen LogP contribution in [0.3, 0.4) is 0 Å². The standard InChI is InChI=1S/C16H22N2O3/c1-11-14(13-5-3-4-6-15(13)17-11)9-16(20)18-12(7-8-19)10-21-2/h3-6,12,17,19H,7-10H2,1-2H3,(H,18,20). The first kappa shape index (κ1) is 15.5. The van der Waals surface area contributed by atoms with Crippen molar-refractivity contribution in [3.63, 3.8) is 0 Å². The van der Waals surface area contributed by atoms with Crippen LogP contribution in [0.15, 0.2) is 24.3 Å². The second kappa shape index (κ2) is 7.24. The first-order chi connectivity index (χ1) is 10.2. The molecule has 1 aromatic carbocycles. The number of carbonyl (C=O) groups is 1. The fourth-order valence-corrected chi connectivity index (χ4v) is 2.56. The lowest BCUT2D eigenvalue weighted by atomic mass is 10.1. The Morgan fingerprint density at radius 2 is 2.19 bits per heavy atom. The van der Waals surface area contributed by atoms with Crippen molar-refractivity contribution >= 4 is 16.8 Å². The van der Waals surface area contributed by atoms with Gasteiger partial charge in [0.15, 0.2) is 0 Å². The van der Waals surface area contributed by atoms with Crippen LogP contribution in [0.2, 0.25) is 0 Å². The highest BCUT2D eigenvalue weighted by Gasteiger charge is 2.15. The lowest BCUT2D eigenvalue weighted by Crippen LogP contribution is -2.39. The lowest BCUT2D eigenvalue weighted by molar-refractivity contribution is -0.121. The van der Waals surface area contributed by atoms with E-state index < -0.39 is 0 Å². The van der Waals surface area contributed by atoms with Crippen molar-refractivity contribution in [1.29, 1.82) is 0 Å². The van der Waals surface area contributed by atoms with E-state index in [1.165, 1.54) is 0 Å². The van der Waals surface area contributed by atoms with E-state index in [9.17, 15) is 4.79 Å². The van der Waals surface area contributed by atoms with Gasteiger partial charge >= 0.3 is 0 Å². The topological polar surface area (TPSA) is 74.3 Å². The van der Waals surface area contributed by atoms with E-state index in [0.717, 1.165) is 22.2 Å². The van der Waals surface area contributed by atoms with Gasteiger partial charge in [-0.25, -0.2) is 0 Å². The van der Waals surface area contributed by atoms with Gasteiger partial charge in [-0.3, -0.25) is 4.79 Å². The van der Waals surface area contributed by atoms with Gasteiger partial charge in [0.05, 0.1) is 19.1 Å². The molecule has 0 spiro atoms. The Morgan fingerprint density at radius 1 is 1.43 bits per heavy atom. The molecule has 0 radical (unpaired) electrons. The van der Waals surface area contributed by atoms with Gasteiger partial charge in [-0.05, 0) is 25.0 Å². The third-order valence-electron chi connectivity index (χ3n) is 3.57. The Bertz CT molecular complexity index is 601. The van der Waals surface area contributed by atoms with E-state index in [-0.39, 0.29) is 18.6 Å². The maximum absolute atomic E-state index is 12.2. The molecule has 2 aromatic rings. The van der Waals surface area contributed by atoms with Crippen molar-refractivity contribution in [3.05, 3.63) is 35.5 Å². The third kappa shape index (κ3) is 3.83. The quantitative estimate of drug-likeness (QED) is 0.724. The molecule has 1 aromatic heterocycles. The first-order valence-electron chi connectivity index (χ1n) is 7.11. The highest BCUT2D eigenvalue weighted by atomic mass is 16.5. The molecule has 1 unspecified atom stereocenters. The first-order valence-corrected chi connectivity index (χ1v) is 7.11. The summed E-state index contributed by atoms with van der Waals surface area (Å²) < 4.78 is 5.05. The zero-order valence-electron chi connectivity index (χ0n) is 12.5. The number of aryl methyl sites for hydroxylation is 1. The zero-order valence-corrected chi connectivity index (χ0v) is 12.5. The summed E-state index contributed by atoms with van der Waals surface area (Å²) >= 11 is 0. The molecule has 21 heavy (non-hydrogen) atoms. The highest BCUT2D eigenvalue weighted by Crippen LogP contribution is 2.22. The van der Waals surface area contributed by atoms with Crippen LogP contribution in [0.1, 0.15) is 17.7 Å². The summed E-state index contributed by atoms with van der Waals surface area (Å²) in [6.45, 7) is 2.41. The Kier molecular flexibility index (Phi) is 5.36. The molecular formula is C16H22N2O3. The van der Waals surface area contributed by atoms with Crippen molar-refractivity contribution < 1.29 is 14.6 Å². The molecule has 1 atom stereocenters. The lowest BCUT2D eigenvalue weighted by Gasteiger charge is -2.16. The molecule has 0 saturated carbocycles. The largest absolute Gasteiger partial charge is 0.396 e. The van der Waals surface area contributed by atoms with Crippen LogP contribution in [0.5, 0.6) is 0 Å². The number of benzene rings is 1. The number of H-pyrrole nitrogens is 1. The number of amides is 1. The molecule has 0 bridgehead atoms. The van der Waals surface area contributed by atoms with E-state index in [1.807, 2.05) is 31.2 Å². The number of hydrogen-bond acceptors (Lipinski definition) is 3. The average molecular weight is 290 g/mol. The van der Waals surface area contributed by atoms with E-state index in [1.54, 1.807) is 7.11 Å². The molecule has 0 aliphatic rings. The van der Waals surface area contributed by atoms with Crippen LogP contribution < -0.4 is 5.32 Å². The number of ether oxygens (including phenoxy) is 1. The van der Waals surface area contributed by atoms with Crippen LogP contribution in [0.4, 0.5) is 0 Å². The normalized spacial score (nSPS) is 12.5. The average Bonchev–Trinajstić information content (AvgIpc) is 2.76. The second-order valence-electron chi connectivity index (χ2n) is 5.18. The van der Waals surface area contributed by atoms with Crippen LogP contribution in [-0.4, -0.2) is 42.4 Å². The maximum Gasteiger partial charge on any atom is 0.224 e. The summed E-state index contributed by atoms with van der Waals surface area (Å²) in [5.41, 5.74) is 3.07. The van der Waals surface area contributed by atoms with Gasteiger partial charge in [0.1, 0.15) is 0 Å². The molecular weight excluding hydrogens is 268 g/mol. The molecule has 2 rings (SSSR count). The van der Waals surface area contributed by atoms with Crippen LogP contribution in [0, 0.1) is 6.92 Å². The summed E-state index contributed by atoms with van der Waals surface area (Å²) in [6.07, 6.45) is 0.813. The number of aliphatic hydroxyl groups is 1. The number of methoxy groups -OCH3 is 1. The minimum atomic E-state index is -0.155. The predicted octanol–water partition coefficient (Wildman–Crippen LogP) is 1.53. The molecule has 1 amide bonds. The fraction of sp³-hybridized carbons (Fsp3) is 0.438. The molecule has 1 heterocycles. The fourth-order valence-electron chi connectivity index (χ4n) is 2.56. The minimum Gasteiger partial charge on any atom is -0.396 e. The monoisotopic (exact) mass is 290 g/mol. The minimum absolute atomic E-state index is 0.0282. The van der Waals surface area contributed by atoms with Crippen molar-refractivity contribution in [1.82, 2.24) is 10.3 Å². The van der Waals surface area contributed by atoms with Crippen LogP contribution in [0.25, 0.3) is 10.9 Å². The van der Waals surface area contributed by atoms with Crippen LogP contribution in [-0.2, 0) is 16.0 Å². The summed E-state index contributed by atoms with van der Waals surface area (Å²) in [5, 5.41) is 13.0. The summed E-state index contributed by atoms with van der Waals surface area (Å²) in [5.74, 6) is -0.0571. The molecule has 0 fully saturated rings. The summed E-state index contributed by atoms with van der Waals surface area (Å²) in [7, 11) is 1.58. The van der Waals surface area contributed by atoms with Gasteiger partial charge in [0.25, 0.3) is 0 Å². The van der Waals surface area contributed by atoms with E-state index >= 15 is 0 Å². The smallest absolute Gasteiger partial charge is 0.224 e. The van der Waals surface area contributed by atoms with Gasteiger partial charge in [0.2, 0.25) is 5.91 Å². The Hall–Kier alpha value is -1.85. The van der Waals surface area contributed by atoms with Gasteiger partial charge in [0, 0.05) is 30.3 Å². The molecule has 0 aliphatic heterocycles. The number of aliphatic hydroxyl groups excluding tert-OH is 1. The number of aromatic nitrogens is 1. The SMILES string of the molecule is COCC(CCO)NC(=O)Cc1c(C)[nH]c2ccccc12. The number of para-hydroxylation sites is 1. The number of hydrogen-bond donors (Lipinski definition) is 3.